The summed E-state index contributed by atoms with van der Waals surface area (Å²) in [4.78, 5) is 14.7. The molecule has 1 saturated carbocycles. The van der Waals surface area contributed by atoms with Crippen molar-refractivity contribution in [2.75, 3.05) is 11.4 Å². The SMILES string of the molecule is CC[C@@H](Cc1ccccc1)NS(=O)(=O)c1ccc2c(c1)CCN2C(=O)C1CCC1. The lowest BCUT2D eigenvalue weighted by Crippen LogP contribution is -2.37. The van der Waals surface area contributed by atoms with E-state index in [9.17, 15) is 13.2 Å². The fourth-order valence-corrected chi connectivity index (χ4v) is 5.47. The van der Waals surface area contributed by atoms with Crippen LogP contribution in [0.3, 0.4) is 0 Å². The number of nitrogens with one attached hydrogen (secondary N) is 1. The molecule has 2 aromatic rings. The van der Waals surface area contributed by atoms with E-state index in [0.29, 0.717) is 25.8 Å². The van der Waals surface area contributed by atoms with E-state index in [4.69, 9.17) is 0 Å². The Bertz CT molecular complexity index is 984. The maximum atomic E-state index is 13.0. The van der Waals surface area contributed by atoms with Gasteiger partial charge in [-0.2, -0.15) is 0 Å². The third-order valence-corrected chi connectivity index (χ3v) is 7.63. The van der Waals surface area contributed by atoms with Gasteiger partial charge in [-0.1, -0.05) is 43.7 Å². The summed E-state index contributed by atoms with van der Waals surface area (Å²) in [5.41, 5.74) is 2.93. The number of amides is 1. The third-order valence-electron chi connectivity index (χ3n) is 6.12. The van der Waals surface area contributed by atoms with Crippen LogP contribution in [0.25, 0.3) is 0 Å². The second-order valence-corrected chi connectivity index (χ2v) is 9.79. The lowest BCUT2D eigenvalue weighted by Gasteiger charge is -2.29. The molecular weight excluding hydrogens is 384 g/mol. The monoisotopic (exact) mass is 412 g/mol. The van der Waals surface area contributed by atoms with Crippen molar-refractivity contribution in [1.82, 2.24) is 4.72 Å². The van der Waals surface area contributed by atoms with Gasteiger partial charge in [0.15, 0.2) is 0 Å². The van der Waals surface area contributed by atoms with Crippen molar-refractivity contribution in [3.8, 4) is 0 Å². The van der Waals surface area contributed by atoms with Gasteiger partial charge in [0.1, 0.15) is 0 Å². The Morgan fingerprint density at radius 3 is 2.59 bits per heavy atom. The zero-order chi connectivity index (χ0) is 20.4. The minimum atomic E-state index is -3.61. The third kappa shape index (κ3) is 4.23. The molecule has 1 atom stereocenters. The van der Waals surface area contributed by atoms with Gasteiger partial charge in [0.05, 0.1) is 4.90 Å². The highest BCUT2D eigenvalue weighted by Gasteiger charge is 2.34. The van der Waals surface area contributed by atoms with Gasteiger partial charge in [-0.15, -0.1) is 0 Å². The van der Waals surface area contributed by atoms with Crippen LogP contribution in [0.2, 0.25) is 0 Å². The number of carbonyl (C=O) groups is 1. The molecule has 1 fully saturated rings. The topological polar surface area (TPSA) is 66.5 Å². The summed E-state index contributed by atoms with van der Waals surface area (Å²) < 4.78 is 28.8. The van der Waals surface area contributed by atoms with Gasteiger partial charge >= 0.3 is 0 Å². The first kappa shape index (κ1) is 20.1. The number of sulfonamides is 1. The Morgan fingerprint density at radius 2 is 1.93 bits per heavy atom. The molecule has 0 aromatic heterocycles. The van der Waals surface area contributed by atoms with Crippen molar-refractivity contribution < 1.29 is 13.2 Å². The van der Waals surface area contributed by atoms with E-state index in [-0.39, 0.29) is 22.8 Å². The number of hydrogen-bond acceptors (Lipinski definition) is 3. The molecule has 0 radical (unpaired) electrons. The first-order chi connectivity index (χ1) is 14.0. The largest absolute Gasteiger partial charge is 0.312 e. The van der Waals surface area contributed by atoms with E-state index in [0.717, 1.165) is 36.1 Å². The summed E-state index contributed by atoms with van der Waals surface area (Å²) in [6.45, 7) is 2.63. The quantitative estimate of drug-likeness (QED) is 0.754. The lowest BCUT2D eigenvalue weighted by atomic mass is 9.84. The highest BCUT2D eigenvalue weighted by atomic mass is 32.2. The van der Waals surface area contributed by atoms with Crippen molar-refractivity contribution in [2.24, 2.45) is 5.92 Å². The van der Waals surface area contributed by atoms with Crippen LogP contribution >= 0.6 is 0 Å². The molecule has 154 valence electrons. The molecule has 1 heterocycles. The summed E-state index contributed by atoms with van der Waals surface area (Å²) in [6, 6.07) is 14.9. The summed E-state index contributed by atoms with van der Waals surface area (Å²) in [5, 5.41) is 0. The minimum Gasteiger partial charge on any atom is -0.312 e. The van der Waals surface area contributed by atoms with Crippen molar-refractivity contribution in [2.45, 2.75) is 56.4 Å². The van der Waals surface area contributed by atoms with Gasteiger partial charge in [-0.25, -0.2) is 13.1 Å². The van der Waals surface area contributed by atoms with Crippen molar-refractivity contribution in [3.05, 3.63) is 59.7 Å². The van der Waals surface area contributed by atoms with Crippen LogP contribution in [0.15, 0.2) is 53.4 Å². The number of fused-ring (bicyclic) bond motifs is 1. The second kappa shape index (κ2) is 8.28. The van der Waals surface area contributed by atoms with Crippen LogP contribution < -0.4 is 9.62 Å². The van der Waals surface area contributed by atoms with Crippen LogP contribution in [0.1, 0.15) is 43.7 Å². The molecule has 1 N–H and O–H groups in total. The summed E-state index contributed by atoms with van der Waals surface area (Å²) in [5.74, 6) is 0.340. The molecule has 0 saturated heterocycles. The smallest absolute Gasteiger partial charge is 0.240 e. The number of benzene rings is 2. The standard InChI is InChI=1S/C23H28N2O3S/c1-2-20(15-17-7-4-3-5-8-17)24-29(27,28)21-11-12-22-19(16-21)13-14-25(22)23(26)18-9-6-10-18/h3-5,7-8,11-12,16,18,20,24H,2,6,9-10,13-15H2,1H3/t20-/m0/s1. The first-order valence-electron chi connectivity index (χ1n) is 10.5. The van der Waals surface area contributed by atoms with Crippen LogP contribution in [-0.4, -0.2) is 26.9 Å². The molecule has 4 rings (SSSR count). The van der Waals surface area contributed by atoms with Gasteiger partial charge in [0.2, 0.25) is 15.9 Å². The Labute approximate surface area is 173 Å². The molecule has 29 heavy (non-hydrogen) atoms. The van der Waals surface area contributed by atoms with Gasteiger partial charge in [-0.05, 0) is 61.4 Å². The zero-order valence-corrected chi connectivity index (χ0v) is 17.6. The van der Waals surface area contributed by atoms with E-state index in [1.165, 1.54) is 0 Å². The number of nitrogens with zero attached hydrogens (tertiary/aromatic N) is 1. The number of anilines is 1. The number of rotatable bonds is 7. The molecule has 2 aromatic carbocycles. The van der Waals surface area contributed by atoms with E-state index < -0.39 is 10.0 Å². The fraction of sp³-hybridized carbons (Fsp3) is 0.435. The lowest BCUT2D eigenvalue weighted by molar-refractivity contribution is -0.124. The van der Waals surface area contributed by atoms with Gasteiger partial charge in [0.25, 0.3) is 0 Å². The van der Waals surface area contributed by atoms with Crippen molar-refractivity contribution in [1.29, 1.82) is 0 Å². The normalized spacial score (nSPS) is 17.6. The van der Waals surface area contributed by atoms with E-state index in [1.54, 1.807) is 18.2 Å². The Balaban J connectivity index is 1.49. The molecule has 0 bridgehead atoms. The highest BCUT2D eigenvalue weighted by molar-refractivity contribution is 7.89. The molecule has 1 amide bonds. The van der Waals surface area contributed by atoms with E-state index in [2.05, 4.69) is 4.72 Å². The van der Waals surface area contributed by atoms with Crippen LogP contribution in [0, 0.1) is 5.92 Å². The van der Waals surface area contributed by atoms with Crippen molar-refractivity contribution in [3.63, 3.8) is 0 Å². The van der Waals surface area contributed by atoms with Crippen LogP contribution in [-0.2, 0) is 27.7 Å². The maximum Gasteiger partial charge on any atom is 0.240 e. The van der Waals surface area contributed by atoms with Gasteiger partial charge in [0, 0.05) is 24.2 Å². The summed E-state index contributed by atoms with van der Waals surface area (Å²) in [6.07, 6.45) is 5.15. The maximum absolute atomic E-state index is 13.0. The summed E-state index contributed by atoms with van der Waals surface area (Å²) in [7, 11) is -3.61. The molecule has 0 unspecified atom stereocenters. The van der Waals surface area contributed by atoms with Gasteiger partial charge in [-0.3, -0.25) is 4.79 Å². The molecule has 2 aliphatic rings. The second-order valence-electron chi connectivity index (χ2n) is 8.07. The minimum absolute atomic E-state index is 0.148. The van der Waals surface area contributed by atoms with Crippen LogP contribution in [0.5, 0.6) is 0 Å². The molecule has 1 aliphatic heterocycles. The molecule has 0 spiro atoms. The fourth-order valence-electron chi connectivity index (χ4n) is 4.11. The molecule has 1 aliphatic carbocycles. The summed E-state index contributed by atoms with van der Waals surface area (Å²) >= 11 is 0. The Hall–Kier alpha value is -2.18. The van der Waals surface area contributed by atoms with Gasteiger partial charge < -0.3 is 4.90 Å². The first-order valence-corrected chi connectivity index (χ1v) is 12.0. The average Bonchev–Trinajstić information content (AvgIpc) is 3.10. The van der Waals surface area contributed by atoms with Crippen LogP contribution in [0.4, 0.5) is 5.69 Å². The Morgan fingerprint density at radius 1 is 1.17 bits per heavy atom. The van der Waals surface area contributed by atoms with Crippen molar-refractivity contribution >= 4 is 21.6 Å². The molecule has 5 nitrogen and oxygen atoms in total. The highest BCUT2D eigenvalue weighted by Crippen LogP contribution is 2.35. The van der Waals surface area contributed by atoms with E-state index >= 15 is 0 Å². The number of hydrogen-bond donors (Lipinski definition) is 1. The zero-order valence-electron chi connectivity index (χ0n) is 16.8. The molecule has 6 heteroatoms. The Kier molecular flexibility index (Phi) is 5.74. The predicted octanol–water partition coefficient (Wildman–Crippen LogP) is 3.68. The molecular formula is C23H28N2O3S. The predicted molar refractivity (Wildman–Crippen MR) is 114 cm³/mol. The number of carbonyl (C=O) groups excluding carboxylic acids is 1. The van der Waals surface area contributed by atoms with E-state index in [1.807, 2.05) is 42.2 Å². The average molecular weight is 413 g/mol.